The number of pyridine rings is 1. The van der Waals surface area contributed by atoms with E-state index in [1.54, 1.807) is 18.6 Å². The van der Waals surface area contributed by atoms with Crippen LogP contribution in [0.2, 0.25) is 0 Å². The minimum absolute atomic E-state index is 0.914. The molecule has 0 unspecified atom stereocenters. The normalized spacial score (nSPS) is 10.1. The number of hydrogen-bond donors (Lipinski definition) is 1. The van der Waals surface area contributed by atoms with Crippen molar-refractivity contribution in [3.63, 3.8) is 0 Å². The average Bonchev–Trinajstić information content (AvgIpc) is 2.53. The minimum atomic E-state index is 0.914. The van der Waals surface area contributed by atoms with Crippen molar-refractivity contribution in [2.45, 2.75) is 0 Å². The van der Waals surface area contributed by atoms with E-state index < -0.39 is 0 Å². The number of nitrogens with zero attached hydrogens (tertiary/aromatic N) is 2. The molecule has 0 fully saturated rings. The van der Waals surface area contributed by atoms with Gasteiger partial charge in [0.15, 0.2) is 0 Å². The molecular formula is C8H6BrN3. The highest BCUT2D eigenvalue weighted by Gasteiger charge is 2.03. The molecule has 0 aliphatic carbocycles. The minimum Gasteiger partial charge on any atom is -0.284 e. The molecule has 60 valence electrons. The summed E-state index contributed by atoms with van der Waals surface area (Å²) in [5.41, 5.74) is 1.97. The lowest BCUT2D eigenvalue weighted by Crippen LogP contribution is -1.78. The van der Waals surface area contributed by atoms with E-state index in [0.29, 0.717) is 0 Å². The summed E-state index contributed by atoms with van der Waals surface area (Å²) in [6, 6.07) is 3.84. The van der Waals surface area contributed by atoms with Gasteiger partial charge >= 0.3 is 0 Å². The standard InChI is InChI=1S/C8H6BrN3/c9-7-5-11-12-8(7)6-1-3-10-4-2-6/h1-5H,(H,11,12). The van der Waals surface area contributed by atoms with Crippen LogP contribution >= 0.6 is 15.9 Å². The first-order valence-electron chi connectivity index (χ1n) is 3.47. The summed E-state index contributed by atoms with van der Waals surface area (Å²) >= 11 is 3.39. The molecule has 2 aromatic heterocycles. The zero-order valence-electron chi connectivity index (χ0n) is 6.16. The van der Waals surface area contributed by atoms with E-state index in [1.165, 1.54) is 0 Å². The lowest BCUT2D eigenvalue weighted by Gasteiger charge is -1.94. The average molecular weight is 224 g/mol. The Bertz CT molecular complexity index is 369. The van der Waals surface area contributed by atoms with E-state index in [2.05, 4.69) is 31.1 Å². The number of nitrogens with one attached hydrogen (secondary N) is 1. The van der Waals surface area contributed by atoms with Crippen LogP contribution < -0.4 is 0 Å². The molecule has 4 heteroatoms. The molecular weight excluding hydrogens is 218 g/mol. The summed E-state index contributed by atoms with van der Waals surface area (Å²) in [5.74, 6) is 0. The van der Waals surface area contributed by atoms with Crippen molar-refractivity contribution in [3.8, 4) is 11.3 Å². The van der Waals surface area contributed by atoms with Crippen LogP contribution in [-0.2, 0) is 0 Å². The van der Waals surface area contributed by atoms with Crippen LogP contribution in [0.5, 0.6) is 0 Å². The predicted molar refractivity (Wildman–Crippen MR) is 49.5 cm³/mol. The van der Waals surface area contributed by atoms with Crippen molar-refractivity contribution in [1.29, 1.82) is 0 Å². The Balaban J connectivity index is 2.51. The van der Waals surface area contributed by atoms with Gasteiger partial charge in [-0.3, -0.25) is 10.1 Å². The molecule has 1 N–H and O–H groups in total. The SMILES string of the molecule is Brc1c[nH]nc1-c1ccncc1. The number of rotatable bonds is 1. The quantitative estimate of drug-likeness (QED) is 0.806. The molecule has 0 amide bonds. The molecule has 0 saturated carbocycles. The number of aromatic amines is 1. The highest BCUT2D eigenvalue weighted by atomic mass is 79.9. The Labute approximate surface area is 78.0 Å². The van der Waals surface area contributed by atoms with Crippen LogP contribution in [0.25, 0.3) is 11.3 Å². The van der Waals surface area contributed by atoms with Crippen molar-refractivity contribution >= 4 is 15.9 Å². The Morgan fingerprint density at radius 1 is 1.25 bits per heavy atom. The van der Waals surface area contributed by atoms with Gasteiger partial charge in [0.05, 0.1) is 4.47 Å². The lowest BCUT2D eigenvalue weighted by molar-refractivity contribution is 1.09. The molecule has 0 spiro atoms. The van der Waals surface area contributed by atoms with Crippen LogP contribution in [0.4, 0.5) is 0 Å². The molecule has 0 saturated heterocycles. The maximum atomic E-state index is 4.09. The topological polar surface area (TPSA) is 41.6 Å². The van der Waals surface area contributed by atoms with Gasteiger partial charge in [-0.15, -0.1) is 0 Å². The van der Waals surface area contributed by atoms with Gasteiger partial charge in [0.25, 0.3) is 0 Å². The fourth-order valence-corrected chi connectivity index (χ4v) is 1.41. The van der Waals surface area contributed by atoms with E-state index in [9.17, 15) is 0 Å². The second-order valence-electron chi connectivity index (χ2n) is 2.32. The fraction of sp³-hybridized carbons (Fsp3) is 0. The Kier molecular flexibility index (Phi) is 1.91. The summed E-state index contributed by atoms with van der Waals surface area (Å²) in [4.78, 5) is 3.93. The Hall–Kier alpha value is -1.16. The van der Waals surface area contributed by atoms with E-state index in [-0.39, 0.29) is 0 Å². The van der Waals surface area contributed by atoms with Crippen molar-refractivity contribution in [2.24, 2.45) is 0 Å². The molecule has 0 aromatic carbocycles. The van der Waals surface area contributed by atoms with Crippen LogP contribution in [-0.4, -0.2) is 15.2 Å². The summed E-state index contributed by atoms with van der Waals surface area (Å²) in [6.07, 6.45) is 5.29. The zero-order valence-corrected chi connectivity index (χ0v) is 7.75. The molecule has 2 rings (SSSR count). The van der Waals surface area contributed by atoms with Crippen molar-refractivity contribution < 1.29 is 0 Å². The molecule has 0 aliphatic heterocycles. The highest BCUT2D eigenvalue weighted by molar-refractivity contribution is 9.10. The van der Waals surface area contributed by atoms with Crippen LogP contribution in [0.1, 0.15) is 0 Å². The summed E-state index contributed by atoms with van der Waals surface area (Å²) in [5, 5.41) is 6.87. The second-order valence-corrected chi connectivity index (χ2v) is 3.17. The molecule has 12 heavy (non-hydrogen) atoms. The summed E-state index contributed by atoms with van der Waals surface area (Å²) in [6.45, 7) is 0. The Morgan fingerprint density at radius 2 is 2.00 bits per heavy atom. The third kappa shape index (κ3) is 1.25. The third-order valence-corrected chi connectivity index (χ3v) is 2.15. The number of halogens is 1. The zero-order chi connectivity index (χ0) is 8.39. The molecule has 0 atom stereocenters. The first kappa shape index (κ1) is 7.49. The molecule has 3 nitrogen and oxygen atoms in total. The van der Waals surface area contributed by atoms with Gasteiger partial charge in [-0.25, -0.2) is 0 Å². The number of aromatic nitrogens is 3. The molecule has 2 heterocycles. The van der Waals surface area contributed by atoms with Crippen LogP contribution in [0, 0.1) is 0 Å². The Morgan fingerprint density at radius 3 is 2.58 bits per heavy atom. The monoisotopic (exact) mass is 223 g/mol. The van der Waals surface area contributed by atoms with E-state index in [4.69, 9.17) is 0 Å². The number of H-pyrrole nitrogens is 1. The van der Waals surface area contributed by atoms with Gasteiger partial charge in [0.1, 0.15) is 5.69 Å². The van der Waals surface area contributed by atoms with Crippen molar-refractivity contribution in [3.05, 3.63) is 35.2 Å². The predicted octanol–water partition coefficient (Wildman–Crippen LogP) is 2.23. The maximum absolute atomic E-state index is 4.09. The second kappa shape index (κ2) is 3.06. The largest absolute Gasteiger partial charge is 0.284 e. The van der Waals surface area contributed by atoms with E-state index in [1.807, 2.05) is 12.1 Å². The van der Waals surface area contributed by atoms with E-state index in [0.717, 1.165) is 15.7 Å². The van der Waals surface area contributed by atoms with Crippen LogP contribution in [0.15, 0.2) is 35.2 Å². The lowest BCUT2D eigenvalue weighted by atomic mass is 10.2. The summed E-state index contributed by atoms with van der Waals surface area (Å²) < 4.78 is 0.966. The summed E-state index contributed by atoms with van der Waals surface area (Å²) in [7, 11) is 0. The fourth-order valence-electron chi connectivity index (χ4n) is 0.987. The number of hydrogen-bond acceptors (Lipinski definition) is 2. The molecule has 0 aliphatic rings. The first-order chi connectivity index (χ1) is 5.88. The van der Waals surface area contributed by atoms with Gasteiger partial charge in [0, 0.05) is 24.2 Å². The smallest absolute Gasteiger partial charge is 0.106 e. The highest BCUT2D eigenvalue weighted by Crippen LogP contribution is 2.24. The van der Waals surface area contributed by atoms with Crippen molar-refractivity contribution in [2.75, 3.05) is 0 Å². The molecule has 0 bridgehead atoms. The van der Waals surface area contributed by atoms with Gasteiger partial charge in [-0.1, -0.05) is 0 Å². The maximum Gasteiger partial charge on any atom is 0.106 e. The first-order valence-corrected chi connectivity index (χ1v) is 4.27. The van der Waals surface area contributed by atoms with Gasteiger partial charge in [0.2, 0.25) is 0 Å². The third-order valence-electron chi connectivity index (χ3n) is 1.55. The molecule has 2 aromatic rings. The van der Waals surface area contributed by atoms with Gasteiger partial charge < -0.3 is 0 Å². The van der Waals surface area contributed by atoms with Gasteiger partial charge in [-0.2, -0.15) is 5.10 Å². The van der Waals surface area contributed by atoms with E-state index >= 15 is 0 Å². The van der Waals surface area contributed by atoms with Crippen LogP contribution in [0.3, 0.4) is 0 Å². The van der Waals surface area contributed by atoms with Crippen molar-refractivity contribution in [1.82, 2.24) is 15.2 Å². The van der Waals surface area contributed by atoms with Gasteiger partial charge in [-0.05, 0) is 28.1 Å². The molecule has 0 radical (unpaired) electrons.